The third kappa shape index (κ3) is 4.37. The minimum absolute atomic E-state index is 0.256. The van der Waals surface area contributed by atoms with Gasteiger partial charge in [0.1, 0.15) is 5.76 Å². The first-order valence-electron chi connectivity index (χ1n) is 10.6. The standard InChI is InChI=1S/C26H21N5O3/c27-19-12-11-18(23-6-3-13-34-23)14-22(19)31-25(32)17-9-7-16(8-10-17)15-28-26(33)24-29-20-4-1-2-5-21(20)30-24/h1-14H,15,27H2,(H,28,33)(H,29,30)(H,31,32). The smallest absolute Gasteiger partial charge is 0.287 e. The van der Waals surface area contributed by atoms with Gasteiger partial charge < -0.3 is 25.8 Å². The molecule has 0 radical (unpaired) electrons. The molecule has 0 saturated carbocycles. The number of aromatic amines is 1. The Kier molecular flexibility index (Phi) is 5.53. The van der Waals surface area contributed by atoms with Gasteiger partial charge in [-0.2, -0.15) is 0 Å². The first-order chi connectivity index (χ1) is 16.6. The van der Waals surface area contributed by atoms with Gasteiger partial charge in [-0.15, -0.1) is 0 Å². The number of H-pyrrole nitrogens is 1. The Balaban J connectivity index is 1.22. The lowest BCUT2D eigenvalue weighted by molar-refractivity contribution is 0.0941. The molecule has 0 aliphatic carbocycles. The summed E-state index contributed by atoms with van der Waals surface area (Å²) in [5.41, 5.74) is 10.7. The quantitative estimate of drug-likeness (QED) is 0.281. The molecule has 0 saturated heterocycles. The molecule has 2 aromatic heterocycles. The van der Waals surface area contributed by atoms with Crippen molar-refractivity contribution in [3.63, 3.8) is 0 Å². The molecule has 3 aromatic carbocycles. The Morgan fingerprint density at radius 1 is 0.941 bits per heavy atom. The van der Waals surface area contributed by atoms with E-state index < -0.39 is 0 Å². The zero-order valence-electron chi connectivity index (χ0n) is 18.0. The van der Waals surface area contributed by atoms with Crippen molar-refractivity contribution in [2.24, 2.45) is 0 Å². The number of anilines is 2. The van der Waals surface area contributed by atoms with Gasteiger partial charge in [-0.3, -0.25) is 9.59 Å². The average Bonchev–Trinajstić information content (AvgIpc) is 3.54. The number of aromatic nitrogens is 2. The fraction of sp³-hybridized carbons (Fsp3) is 0.0385. The second-order valence-corrected chi connectivity index (χ2v) is 7.72. The van der Waals surface area contributed by atoms with Gasteiger partial charge in [0.2, 0.25) is 0 Å². The molecule has 5 N–H and O–H groups in total. The maximum atomic E-state index is 12.7. The Morgan fingerprint density at radius 2 is 1.76 bits per heavy atom. The van der Waals surface area contributed by atoms with E-state index in [1.54, 1.807) is 48.7 Å². The molecule has 0 spiro atoms. The molecule has 0 atom stereocenters. The molecule has 0 aliphatic rings. The van der Waals surface area contributed by atoms with Gasteiger partial charge in [0.25, 0.3) is 11.8 Å². The molecule has 8 nitrogen and oxygen atoms in total. The van der Waals surface area contributed by atoms with E-state index in [-0.39, 0.29) is 17.6 Å². The molecule has 168 valence electrons. The molecule has 0 bridgehead atoms. The van der Waals surface area contributed by atoms with Crippen LogP contribution in [0, 0.1) is 0 Å². The Labute approximate surface area is 194 Å². The van der Waals surface area contributed by atoms with E-state index in [1.807, 2.05) is 36.4 Å². The van der Waals surface area contributed by atoms with Crippen molar-refractivity contribution in [2.75, 3.05) is 11.1 Å². The molecule has 0 unspecified atom stereocenters. The first kappa shape index (κ1) is 21.0. The van der Waals surface area contributed by atoms with Gasteiger partial charge in [0.05, 0.1) is 28.7 Å². The van der Waals surface area contributed by atoms with Crippen LogP contribution in [0.15, 0.2) is 89.5 Å². The van der Waals surface area contributed by atoms with E-state index in [4.69, 9.17) is 10.2 Å². The van der Waals surface area contributed by atoms with Crippen LogP contribution < -0.4 is 16.4 Å². The SMILES string of the molecule is Nc1ccc(-c2ccco2)cc1NC(=O)c1ccc(CNC(=O)c2nc3ccccc3[nH]2)cc1. The number of imidazole rings is 1. The predicted molar refractivity (Wildman–Crippen MR) is 130 cm³/mol. The minimum Gasteiger partial charge on any atom is -0.464 e. The largest absolute Gasteiger partial charge is 0.464 e. The molecule has 8 heteroatoms. The van der Waals surface area contributed by atoms with E-state index in [0.717, 1.165) is 22.2 Å². The third-order valence-corrected chi connectivity index (χ3v) is 5.38. The van der Waals surface area contributed by atoms with Crippen molar-refractivity contribution in [1.82, 2.24) is 15.3 Å². The molecule has 2 heterocycles. The number of furan rings is 1. The molecule has 2 amide bonds. The zero-order valence-corrected chi connectivity index (χ0v) is 18.0. The highest BCUT2D eigenvalue weighted by Gasteiger charge is 2.13. The summed E-state index contributed by atoms with van der Waals surface area (Å²) >= 11 is 0. The fourth-order valence-corrected chi connectivity index (χ4v) is 3.56. The van der Waals surface area contributed by atoms with Crippen LogP contribution in [0.1, 0.15) is 26.5 Å². The van der Waals surface area contributed by atoms with Gasteiger partial charge in [-0.05, 0) is 60.2 Å². The van der Waals surface area contributed by atoms with Gasteiger partial charge in [0, 0.05) is 17.7 Å². The average molecular weight is 451 g/mol. The van der Waals surface area contributed by atoms with Crippen LogP contribution in [-0.2, 0) is 6.54 Å². The van der Waals surface area contributed by atoms with Crippen molar-refractivity contribution in [2.45, 2.75) is 6.54 Å². The molecule has 34 heavy (non-hydrogen) atoms. The molecule has 0 fully saturated rings. The number of amides is 2. The summed E-state index contributed by atoms with van der Waals surface area (Å²) in [5, 5.41) is 5.68. The predicted octanol–water partition coefficient (Wildman–Crippen LogP) is 4.59. The number of nitrogens with two attached hydrogens (primary N) is 1. The van der Waals surface area contributed by atoms with Crippen LogP contribution in [0.3, 0.4) is 0 Å². The number of benzene rings is 3. The molecule has 0 aliphatic heterocycles. The summed E-state index contributed by atoms with van der Waals surface area (Å²) in [5.74, 6) is 0.349. The van der Waals surface area contributed by atoms with Gasteiger partial charge in [0.15, 0.2) is 5.82 Å². The number of nitrogens with one attached hydrogen (secondary N) is 3. The van der Waals surface area contributed by atoms with Crippen molar-refractivity contribution in [3.05, 3.63) is 102 Å². The van der Waals surface area contributed by atoms with E-state index in [2.05, 4.69) is 20.6 Å². The number of hydrogen-bond donors (Lipinski definition) is 4. The monoisotopic (exact) mass is 451 g/mol. The topological polar surface area (TPSA) is 126 Å². The maximum absolute atomic E-state index is 12.7. The Bertz CT molecular complexity index is 1440. The number of para-hydroxylation sites is 2. The first-order valence-corrected chi connectivity index (χ1v) is 10.6. The van der Waals surface area contributed by atoms with Crippen LogP contribution in [0.2, 0.25) is 0 Å². The molecular formula is C26H21N5O3. The summed E-state index contributed by atoms with van der Waals surface area (Å²) in [7, 11) is 0. The van der Waals surface area contributed by atoms with E-state index in [9.17, 15) is 9.59 Å². The van der Waals surface area contributed by atoms with E-state index in [1.165, 1.54) is 0 Å². The van der Waals surface area contributed by atoms with Gasteiger partial charge in [-0.25, -0.2) is 4.98 Å². The second-order valence-electron chi connectivity index (χ2n) is 7.72. The summed E-state index contributed by atoms with van der Waals surface area (Å²) in [6.07, 6.45) is 1.59. The van der Waals surface area contributed by atoms with E-state index >= 15 is 0 Å². The van der Waals surface area contributed by atoms with Gasteiger partial charge >= 0.3 is 0 Å². The number of fused-ring (bicyclic) bond motifs is 1. The number of rotatable bonds is 6. The minimum atomic E-state index is -0.301. The highest BCUT2D eigenvalue weighted by atomic mass is 16.3. The Morgan fingerprint density at radius 3 is 2.53 bits per heavy atom. The lowest BCUT2D eigenvalue weighted by atomic mass is 10.1. The summed E-state index contributed by atoms with van der Waals surface area (Å²) in [6, 6.07) is 23.4. The summed E-state index contributed by atoms with van der Waals surface area (Å²) < 4.78 is 5.41. The zero-order chi connectivity index (χ0) is 23.5. The van der Waals surface area contributed by atoms with Gasteiger partial charge in [-0.1, -0.05) is 24.3 Å². The number of carbonyl (C=O) groups excluding carboxylic acids is 2. The van der Waals surface area contributed by atoms with Crippen molar-refractivity contribution in [3.8, 4) is 11.3 Å². The lowest BCUT2D eigenvalue weighted by Gasteiger charge is -2.10. The molecular weight excluding hydrogens is 430 g/mol. The number of hydrogen-bond acceptors (Lipinski definition) is 5. The van der Waals surface area contributed by atoms with E-state index in [0.29, 0.717) is 29.2 Å². The van der Waals surface area contributed by atoms with Crippen LogP contribution in [0.5, 0.6) is 0 Å². The number of nitrogen functional groups attached to an aromatic ring is 1. The second kappa shape index (κ2) is 8.95. The maximum Gasteiger partial charge on any atom is 0.287 e. The van der Waals surface area contributed by atoms with Crippen molar-refractivity contribution < 1.29 is 14.0 Å². The summed E-state index contributed by atoms with van der Waals surface area (Å²) in [4.78, 5) is 32.5. The fourth-order valence-electron chi connectivity index (χ4n) is 3.56. The Hall–Kier alpha value is -4.85. The molecule has 5 aromatic rings. The number of nitrogens with zero attached hydrogens (tertiary/aromatic N) is 1. The lowest BCUT2D eigenvalue weighted by Crippen LogP contribution is -2.24. The van der Waals surface area contributed by atoms with Crippen molar-refractivity contribution in [1.29, 1.82) is 0 Å². The third-order valence-electron chi connectivity index (χ3n) is 5.38. The molecule has 5 rings (SSSR count). The van der Waals surface area contributed by atoms with Crippen molar-refractivity contribution >= 4 is 34.2 Å². The highest BCUT2D eigenvalue weighted by molar-refractivity contribution is 6.06. The normalized spacial score (nSPS) is 10.8. The van der Waals surface area contributed by atoms with Crippen LogP contribution in [0.4, 0.5) is 11.4 Å². The van der Waals surface area contributed by atoms with Crippen LogP contribution in [-0.4, -0.2) is 21.8 Å². The van der Waals surface area contributed by atoms with Crippen LogP contribution in [0.25, 0.3) is 22.4 Å². The summed E-state index contributed by atoms with van der Waals surface area (Å²) in [6.45, 7) is 0.302. The number of carbonyl (C=O) groups is 2. The van der Waals surface area contributed by atoms with Crippen LogP contribution >= 0.6 is 0 Å². The highest BCUT2D eigenvalue weighted by Crippen LogP contribution is 2.28.